The smallest absolute Gasteiger partial charge is 0.0702 e. The van der Waals surface area contributed by atoms with Crippen LogP contribution in [0.1, 0.15) is 19.4 Å². The topological polar surface area (TPSA) is 24.9 Å². The van der Waals surface area contributed by atoms with Crippen molar-refractivity contribution in [1.29, 1.82) is 0 Å². The van der Waals surface area contributed by atoms with Crippen molar-refractivity contribution < 1.29 is 0 Å². The molecular formula is C15H19ClN2. The molecule has 96 valence electrons. The summed E-state index contributed by atoms with van der Waals surface area (Å²) < 4.78 is 0. The lowest BCUT2D eigenvalue weighted by Crippen LogP contribution is -2.32. The number of benzene rings is 1. The predicted octanol–water partition coefficient (Wildman–Crippen LogP) is 3.59. The monoisotopic (exact) mass is 262 g/mol. The molecule has 18 heavy (non-hydrogen) atoms. The number of aromatic nitrogens is 1. The first kappa shape index (κ1) is 13.3. The second kappa shape index (κ2) is 6.17. The molecule has 0 fully saturated rings. The van der Waals surface area contributed by atoms with Gasteiger partial charge in [0.05, 0.1) is 5.52 Å². The van der Waals surface area contributed by atoms with Gasteiger partial charge in [-0.3, -0.25) is 4.98 Å². The number of fused-ring (bicyclic) bond motifs is 1. The van der Waals surface area contributed by atoms with E-state index >= 15 is 0 Å². The van der Waals surface area contributed by atoms with Crippen LogP contribution < -0.4 is 5.32 Å². The molecule has 2 aromatic rings. The van der Waals surface area contributed by atoms with Gasteiger partial charge in [-0.1, -0.05) is 19.1 Å². The van der Waals surface area contributed by atoms with Crippen LogP contribution in [0, 0.1) is 5.92 Å². The van der Waals surface area contributed by atoms with Crippen LogP contribution in [0.2, 0.25) is 0 Å². The highest BCUT2D eigenvalue weighted by atomic mass is 35.5. The Morgan fingerprint density at radius 2 is 2.11 bits per heavy atom. The summed E-state index contributed by atoms with van der Waals surface area (Å²) in [6.07, 6.45) is 1.82. The number of pyridine rings is 1. The Morgan fingerprint density at radius 1 is 1.28 bits per heavy atom. The number of nitrogens with zero attached hydrogens (tertiary/aromatic N) is 1. The van der Waals surface area contributed by atoms with Gasteiger partial charge in [-0.05, 0) is 36.6 Å². The summed E-state index contributed by atoms with van der Waals surface area (Å²) in [6.45, 7) is 5.21. The predicted molar refractivity (Wildman–Crippen MR) is 77.9 cm³/mol. The standard InChI is InChI=1S/C15H19ClN2/c1-11(9-16)12(2)18-10-13-5-6-15-14(8-13)4-3-7-17-15/h3-8,11-12,18H,9-10H2,1-2H3. The lowest BCUT2D eigenvalue weighted by molar-refractivity contribution is 0.430. The van der Waals surface area contributed by atoms with E-state index in [-0.39, 0.29) is 0 Å². The molecule has 1 aromatic heterocycles. The molecule has 0 aliphatic carbocycles. The van der Waals surface area contributed by atoms with Crippen LogP contribution >= 0.6 is 11.6 Å². The minimum atomic E-state index is 0.423. The van der Waals surface area contributed by atoms with E-state index in [4.69, 9.17) is 11.6 Å². The molecule has 0 bridgehead atoms. The molecule has 1 heterocycles. The molecule has 0 saturated heterocycles. The Kier molecular flexibility index (Phi) is 4.56. The lowest BCUT2D eigenvalue weighted by Gasteiger charge is -2.19. The molecule has 2 atom stereocenters. The first-order valence-corrected chi connectivity index (χ1v) is 6.87. The molecule has 2 unspecified atom stereocenters. The van der Waals surface area contributed by atoms with Crippen LogP contribution in [-0.2, 0) is 6.54 Å². The largest absolute Gasteiger partial charge is 0.310 e. The number of halogens is 1. The van der Waals surface area contributed by atoms with Crippen LogP contribution in [0.15, 0.2) is 36.5 Å². The molecule has 2 nitrogen and oxygen atoms in total. The summed E-state index contributed by atoms with van der Waals surface area (Å²) in [5.74, 6) is 1.17. The van der Waals surface area contributed by atoms with Gasteiger partial charge in [0.1, 0.15) is 0 Å². The van der Waals surface area contributed by atoms with Crippen LogP contribution in [0.3, 0.4) is 0 Å². The Morgan fingerprint density at radius 3 is 2.89 bits per heavy atom. The van der Waals surface area contributed by atoms with Crippen molar-refractivity contribution in [3.8, 4) is 0 Å². The van der Waals surface area contributed by atoms with E-state index in [0.29, 0.717) is 17.8 Å². The number of alkyl halides is 1. The van der Waals surface area contributed by atoms with Gasteiger partial charge < -0.3 is 5.32 Å². The zero-order chi connectivity index (χ0) is 13.0. The number of rotatable bonds is 5. The molecule has 0 spiro atoms. The van der Waals surface area contributed by atoms with Gasteiger partial charge in [0.2, 0.25) is 0 Å². The average Bonchev–Trinajstić information content (AvgIpc) is 2.43. The normalized spacial score (nSPS) is 14.6. The van der Waals surface area contributed by atoms with E-state index in [0.717, 1.165) is 12.1 Å². The van der Waals surface area contributed by atoms with Crippen molar-refractivity contribution in [3.63, 3.8) is 0 Å². The van der Waals surface area contributed by atoms with Gasteiger partial charge in [-0.25, -0.2) is 0 Å². The molecule has 0 radical (unpaired) electrons. The number of nitrogens with one attached hydrogen (secondary N) is 1. The Labute approximate surface area is 113 Å². The van der Waals surface area contributed by atoms with Gasteiger partial charge in [0, 0.05) is 30.0 Å². The highest BCUT2D eigenvalue weighted by Gasteiger charge is 2.09. The highest BCUT2D eigenvalue weighted by Crippen LogP contribution is 2.14. The Hall–Kier alpha value is -1.12. The highest BCUT2D eigenvalue weighted by molar-refractivity contribution is 6.18. The van der Waals surface area contributed by atoms with Crippen LogP contribution in [0.25, 0.3) is 10.9 Å². The summed E-state index contributed by atoms with van der Waals surface area (Å²) in [6, 6.07) is 10.9. The van der Waals surface area contributed by atoms with Gasteiger partial charge in [-0.15, -0.1) is 11.6 Å². The summed E-state index contributed by atoms with van der Waals surface area (Å²) in [5.41, 5.74) is 2.33. The van der Waals surface area contributed by atoms with Crippen molar-refractivity contribution in [2.75, 3.05) is 5.88 Å². The lowest BCUT2D eigenvalue weighted by atomic mass is 10.1. The van der Waals surface area contributed by atoms with E-state index in [1.807, 2.05) is 12.3 Å². The number of hydrogen-bond donors (Lipinski definition) is 1. The van der Waals surface area contributed by atoms with Crippen molar-refractivity contribution in [2.45, 2.75) is 26.4 Å². The first-order valence-electron chi connectivity index (χ1n) is 6.33. The summed E-state index contributed by atoms with van der Waals surface area (Å²) in [7, 11) is 0. The van der Waals surface area contributed by atoms with Gasteiger partial charge in [-0.2, -0.15) is 0 Å². The third-order valence-corrected chi connectivity index (χ3v) is 3.88. The van der Waals surface area contributed by atoms with Gasteiger partial charge in [0.15, 0.2) is 0 Å². The Balaban J connectivity index is 2.04. The molecule has 0 aliphatic rings. The fourth-order valence-electron chi connectivity index (χ4n) is 1.85. The van der Waals surface area contributed by atoms with Crippen LogP contribution in [0.4, 0.5) is 0 Å². The average molecular weight is 263 g/mol. The minimum Gasteiger partial charge on any atom is -0.310 e. The van der Waals surface area contributed by atoms with Crippen molar-refractivity contribution >= 4 is 22.5 Å². The molecular weight excluding hydrogens is 244 g/mol. The second-order valence-corrected chi connectivity index (χ2v) is 5.14. The zero-order valence-corrected chi connectivity index (χ0v) is 11.6. The SMILES string of the molecule is CC(CCl)C(C)NCc1ccc2ncccc2c1. The van der Waals surface area contributed by atoms with Crippen molar-refractivity contribution in [1.82, 2.24) is 10.3 Å². The Bertz CT molecular complexity index is 513. The molecule has 0 amide bonds. The fourth-order valence-corrected chi connectivity index (χ4v) is 2.12. The molecule has 2 rings (SSSR count). The molecule has 0 aliphatic heterocycles. The van der Waals surface area contributed by atoms with E-state index in [9.17, 15) is 0 Å². The number of hydrogen-bond acceptors (Lipinski definition) is 2. The van der Waals surface area contributed by atoms with Crippen molar-refractivity contribution in [3.05, 3.63) is 42.1 Å². The zero-order valence-electron chi connectivity index (χ0n) is 10.9. The summed E-state index contributed by atoms with van der Waals surface area (Å²) in [5, 5.41) is 4.70. The van der Waals surface area contributed by atoms with E-state index in [2.05, 4.69) is 48.4 Å². The maximum atomic E-state index is 5.86. The fraction of sp³-hybridized carbons (Fsp3) is 0.400. The molecule has 1 N–H and O–H groups in total. The van der Waals surface area contributed by atoms with E-state index in [1.54, 1.807) is 0 Å². The van der Waals surface area contributed by atoms with Gasteiger partial charge in [0.25, 0.3) is 0 Å². The molecule has 0 saturated carbocycles. The minimum absolute atomic E-state index is 0.423. The van der Waals surface area contributed by atoms with Crippen LogP contribution in [-0.4, -0.2) is 16.9 Å². The van der Waals surface area contributed by atoms with E-state index in [1.165, 1.54) is 10.9 Å². The quantitative estimate of drug-likeness (QED) is 0.833. The third-order valence-electron chi connectivity index (χ3n) is 3.39. The maximum absolute atomic E-state index is 5.86. The first-order chi connectivity index (χ1) is 8.70. The maximum Gasteiger partial charge on any atom is 0.0702 e. The third kappa shape index (κ3) is 3.21. The van der Waals surface area contributed by atoms with E-state index < -0.39 is 0 Å². The van der Waals surface area contributed by atoms with Crippen LogP contribution in [0.5, 0.6) is 0 Å². The second-order valence-electron chi connectivity index (χ2n) is 4.83. The van der Waals surface area contributed by atoms with Crippen molar-refractivity contribution in [2.24, 2.45) is 5.92 Å². The summed E-state index contributed by atoms with van der Waals surface area (Å²) in [4.78, 5) is 4.32. The summed E-state index contributed by atoms with van der Waals surface area (Å²) >= 11 is 5.86. The van der Waals surface area contributed by atoms with Gasteiger partial charge >= 0.3 is 0 Å². The molecule has 3 heteroatoms. The molecule has 1 aromatic carbocycles.